The minimum Gasteiger partial charge on any atom is -0.307 e. The van der Waals surface area contributed by atoms with Crippen molar-refractivity contribution in [3.05, 3.63) is 210 Å². The summed E-state index contributed by atoms with van der Waals surface area (Å²) in [6.07, 6.45) is 7.60. The summed E-state index contributed by atoms with van der Waals surface area (Å²) in [6.45, 7) is 8.90. The highest BCUT2D eigenvalue weighted by Crippen LogP contribution is 2.46. The number of para-hydroxylation sites is 1. The third-order valence-electron chi connectivity index (χ3n) is 13.8. The smallest absolute Gasteiger partial charge is 0.160 e. The van der Waals surface area contributed by atoms with Crippen molar-refractivity contribution < 1.29 is 0 Å². The molecule has 12 aromatic rings. The first-order chi connectivity index (χ1) is 32.9. The van der Waals surface area contributed by atoms with Crippen molar-refractivity contribution in [2.75, 3.05) is 0 Å². The molecule has 1 aliphatic carbocycles. The Balaban J connectivity index is 1.26. The van der Waals surface area contributed by atoms with Crippen LogP contribution in [0.15, 0.2) is 182 Å². The Morgan fingerprint density at radius 1 is 0.463 bits per heavy atom. The molecule has 6 nitrogen and oxygen atoms in total. The van der Waals surface area contributed by atoms with Gasteiger partial charge < -0.3 is 13.7 Å². The lowest BCUT2D eigenvalue weighted by atomic mass is 9.93. The molecule has 67 heavy (non-hydrogen) atoms. The third-order valence-corrected chi connectivity index (χ3v) is 13.8. The Bertz CT molecular complexity index is 3830. The number of aryl methyl sites for hydroxylation is 3. The van der Waals surface area contributed by atoms with Crippen LogP contribution in [0.2, 0.25) is 0 Å². The van der Waals surface area contributed by atoms with E-state index in [2.05, 4.69) is 217 Å². The van der Waals surface area contributed by atoms with Crippen molar-refractivity contribution in [2.45, 2.75) is 34.1 Å². The van der Waals surface area contributed by atoms with Crippen molar-refractivity contribution >= 4 is 60.7 Å². The molecule has 0 amide bonds. The molecule has 5 aromatic heterocycles. The molecule has 0 saturated heterocycles. The molecule has 0 fully saturated rings. The maximum atomic E-state index is 5.50. The van der Waals surface area contributed by atoms with Crippen LogP contribution in [0.1, 0.15) is 34.9 Å². The quantitative estimate of drug-likeness (QED) is 0.167. The minimum atomic E-state index is 0.412. The van der Waals surface area contributed by atoms with E-state index in [1.807, 2.05) is 12.3 Å². The summed E-state index contributed by atoms with van der Waals surface area (Å²) in [4.78, 5) is 15.8. The van der Waals surface area contributed by atoms with E-state index in [0.717, 1.165) is 84.5 Å². The van der Waals surface area contributed by atoms with Gasteiger partial charge >= 0.3 is 0 Å². The maximum absolute atomic E-state index is 5.50. The van der Waals surface area contributed by atoms with Gasteiger partial charge in [-0.2, -0.15) is 0 Å². The van der Waals surface area contributed by atoms with Crippen LogP contribution in [-0.2, 0) is 6.42 Å². The third kappa shape index (κ3) is 6.20. The van der Waals surface area contributed by atoms with Crippen LogP contribution in [0.5, 0.6) is 0 Å². The average Bonchev–Trinajstić information content (AvgIpc) is 3.98. The van der Waals surface area contributed by atoms with Gasteiger partial charge in [0.2, 0.25) is 0 Å². The van der Waals surface area contributed by atoms with Crippen LogP contribution in [0.25, 0.3) is 112 Å². The first kappa shape index (κ1) is 39.1. The van der Waals surface area contributed by atoms with Gasteiger partial charge in [-0.05, 0) is 118 Å². The van der Waals surface area contributed by atoms with Gasteiger partial charge in [-0.3, -0.25) is 4.98 Å². The fraction of sp³-hybridized carbons (Fsp3) is 0.0984. The van der Waals surface area contributed by atoms with Crippen LogP contribution >= 0.6 is 0 Å². The molecule has 13 rings (SSSR count). The number of hydrogen-bond acceptors (Lipinski definition) is 3. The molecule has 0 spiro atoms. The Morgan fingerprint density at radius 2 is 1.01 bits per heavy atom. The zero-order valence-electron chi connectivity index (χ0n) is 37.9. The molecule has 0 aliphatic heterocycles. The Morgan fingerprint density at radius 3 is 1.70 bits per heavy atom. The SMILES string of the molecule is Cc1ccc2c(c1)c1c(n2-c2cc(-c3cc(-c4ccccc4)nc(-c4ccccc4)n3)cc(-n3c4ccc(C)cc4c4cc(C)ccc43)c2-n2c3ccccc3c3ncccc32)C=CC(C)C1. The normalized spacial score (nSPS) is 13.7. The lowest BCUT2D eigenvalue weighted by molar-refractivity contribution is 0.717. The second-order valence-electron chi connectivity index (χ2n) is 18.4. The molecule has 320 valence electrons. The van der Waals surface area contributed by atoms with Crippen molar-refractivity contribution in [2.24, 2.45) is 5.92 Å². The fourth-order valence-corrected chi connectivity index (χ4v) is 10.7. The molecular weight excluding hydrogens is 817 g/mol. The van der Waals surface area contributed by atoms with E-state index < -0.39 is 0 Å². The number of allylic oxidation sites excluding steroid dienone is 1. The van der Waals surface area contributed by atoms with E-state index in [1.165, 1.54) is 49.6 Å². The maximum Gasteiger partial charge on any atom is 0.160 e. The van der Waals surface area contributed by atoms with Gasteiger partial charge in [0.25, 0.3) is 0 Å². The summed E-state index contributed by atoms with van der Waals surface area (Å²) in [5, 5.41) is 4.83. The number of nitrogens with zero attached hydrogens (tertiary/aromatic N) is 6. The number of benzene rings is 7. The van der Waals surface area contributed by atoms with Gasteiger partial charge in [0.1, 0.15) is 0 Å². The number of pyridine rings is 1. The van der Waals surface area contributed by atoms with Gasteiger partial charge in [0.05, 0.1) is 61.6 Å². The van der Waals surface area contributed by atoms with Crippen molar-refractivity contribution in [3.63, 3.8) is 0 Å². The lowest BCUT2D eigenvalue weighted by Crippen LogP contribution is -2.12. The molecule has 0 radical (unpaired) electrons. The summed E-state index contributed by atoms with van der Waals surface area (Å²) in [7, 11) is 0. The number of fused-ring (bicyclic) bond motifs is 9. The van der Waals surface area contributed by atoms with Crippen LogP contribution in [-0.4, -0.2) is 28.7 Å². The second kappa shape index (κ2) is 15.1. The summed E-state index contributed by atoms with van der Waals surface area (Å²) < 4.78 is 7.50. The molecule has 1 atom stereocenters. The van der Waals surface area contributed by atoms with E-state index in [1.54, 1.807) is 0 Å². The molecular formula is C61H46N6. The molecule has 5 heterocycles. The van der Waals surface area contributed by atoms with Crippen LogP contribution in [0, 0.1) is 26.7 Å². The standard InChI is InChI=1S/C61H46N6/c1-37-21-25-52-45(30-37)46-31-38(2)22-26-53(46)65(52)57-34-43(50-36-49(41-14-7-5-8-15-41)63-61(64-50)42-16-9-6-10-17-42)35-58(60(57)67-51-19-12-11-18-44(51)59-56(67)20-13-29-62-59)66-54-27-23-39(3)32-47(54)48-33-40(4)24-28-55(48)66/h5-32,34-36,40H,33H2,1-4H3. The lowest BCUT2D eigenvalue weighted by Gasteiger charge is -2.24. The summed E-state index contributed by atoms with van der Waals surface area (Å²) >= 11 is 0. The number of aromatic nitrogens is 6. The zero-order valence-corrected chi connectivity index (χ0v) is 37.9. The minimum absolute atomic E-state index is 0.412. The molecule has 1 unspecified atom stereocenters. The Labute approximate surface area is 388 Å². The largest absolute Gasteiger partial charge is 0.307 e. The summed E-state index contributed by atoms with van der Waals surface area (Å²) in [6, 6.07) is 61.5. The zero-order chi connectivity index (χ0) is 44.9. The highest BCUT2D eigenvalue weighted by molar-refractivity contribution is 6.12. The van der Waals surface area contributed by atoms with Gasteiger partial charge in [-0.15, -0.1) is 0 Å². The van der Waals surface area contributed by atoms with Crippen LogP contribution < -0.4 is 0 Å². The highest BCUT2D eigenvalue weighted by atomic mass is 15.1. The molecule has 0 saturated carbocycles. The predicted octanol–water partition coefficient (Wildman–Crippen LogP) is 15.1. The van der Waals surface area contributed by atoms with Gasteiger partial charge in [0, 0.05) is 50.1 Å². The van der Waals surface area contributed by atoms with E-state index in [0.29, 0.717) is 11.7 Å². The molecule has 6 heteroatoms. The predicted molar refractivity (Wildman–Crippen MR) is 278 cm³/mol. The van der Waals surface area contributed by atoms with Crippen molar-refractivity contribution in [1.82, 2.24) is 28.7 Å². The molecule has 1 aliphatic rings. The van der Waals surface area contributed by atoms with E-state index in [-0.39, 0.29) is 0 Å². The first-order valence-electron chi connectivity index (χ1n) is 23.2. The van der Waals surface area contributed by atoms with Crippen molar-refractivity contribution in [1.29, 1.82) is 0 Å². The number of rotatable bonds is 6. The van der Waals surface area contributed by atoms with Gasteiger partial charge in [-0.25, -0.2) is 9.97 Å². The molecule has 7 aromatic carbocycles. The van der Waals surface area contributed by atoms with Crippen LogP contribution in [0.4, 0.5) is 0 Å². The summed E-state index contributed by atoms with van der Waals surface area (Å²) in [5.74, 6) is 1.09. The van der Waals surface area contributed by atoms with E-state index >= 15 is 0 Å². The fourth-order valence-electron chi connectivity index (χ4n) is 10.7. The van der Waals surface area contributed by atoms with E-state index in [9.17, 15) is 0 Å². The van der Waals surface area contributed by atoms with Gasteiger partial charge in [0.15, 0.2) is 5.82 Å². The highest BCUT2D eigenvalue weighted by Gasteiger charge is 2.29. The monoisotopic (exact) mass is 862 g/mol. The molecule has 0 N–H and O–H groups in total. The summed E-state index contributed by atoms with van der Waals surface area (Å²) in [5.41, 5.74) is 20.6. The van der Waals surface area contributed by atoms with Gasteiger partial charge in [-0.1, -0.05) is 127 Å². The topological polar surface area (TPSA) is 53.5 Å². The van der Waals surface area contributed by atoms with Crippen LogP contribution in [0.3, 0.4) is 0 Å². The Kier molecular flexibility index (Phi) is 8.81. The number of hydrogen-bond donors (Lipinski definition) is 0. The molecule has 0 bridgehead atoms. The first-order valence-corrected chi connectivity index (χ1v) is 23.2. The van der Waals surface area contributed by atoms with E-state index in [4.69, 9.17) is 15.0 Å². The second-order valence-corrected chi connectivity index (χ2v) is 18.4. The van der Waals surface area contributed by atoms with Crippen molar-refractivity contribution in [3.8, 4) is 51.0 Å². The average molecular weight is 863 g/mol. The Hall–Kier alpha value is -8.35.